The largest absolute Gasteiger partial charge is 0.492 e. The summed E-state index contributed by atoms with van der Waals surface area (Å²) in [5.41, 5.74) is 1.29. The molecule has 2 nitrogen and oxygen atoms in total. The highest BCUT2D eigenvalue weighted by Crippen LogP contribution is 2.17. The van der Waals surface area contributed by atoms with E-state index in [1.165, 1.54) is 31.2 Å². The second-order valence-electron chi connectivity index (χ2n) is 5.16. The number of hydrogen-bond acceptors (Lipinski definition) is 2. The molecule has 0 aromatic heterocycles. The predicted molar refractivity (Wildman–Crippen MR) is 82.9 cm³/mol. The third-order valence-electron chi connectivity index (χ3n) is 3.45. The van der Waals surface area contributed by atoms with Crippen LogP contribution in [0.5, 0.6) is 5.75 Å². The number of unbranched alkanes of at least 4 members (excludes halogenated alkanes) is 2. The Bertz CT molecular complexity index is 338. The van der Waals surface area contributed by atoms with Gasteiger partial charge in [0.15, 0.2) is 0 Å². The molecule has 0 amide bonds. The van der Waals surface area contributed by atoms with Gasteiger partial charge in [0.2, 0.25) is 0 Å². The smallest absolute Gasteiger partial charge is 0.122 e. The van der Waals surface area contributed by atoms with Gasteiger partial charge in [0.25, 0.3) is 0 Å². The maximum Gasteiger partial charge on any atom is 0.122 e. The summed E-state index contributed by atoms with van der Waals surface area (Å²) in [4.78, 5) is 0. The fourth-order valence-electron chi connectivity index (χ4n) is 2.21. The van der Waals surface area contributed by atoms with Gasteiger partial charge in [-0.05, 0) is 31.4 Å². The Labute approximate surface area is 118 Å². The van der Waals surface area contributed by atoms with Crippen molar-refractivity contribution in [1.29, 1.82) is 0 Å². The van der Waals surface area contributed by atoms with Crippen LogP contribution < -0.4 is 10.1 Å². The fourth-order valence-corrected chi connectivity index (χ4v) is 2.21. The number of rotatable bonds is 10. The Morgan fingerprint density at radius 3 is 2.68 bits per heavy atom. The highest BCUT2D eigenvalue weighted by atomic mass is 16.5. The lowest BCUT2D eigenvalue weighted by Gasteiger charge is -2.15. The summed E-state index contributed by atoms with van der Waals surface area (Å²) in [6.07, 6.45) is 6.25. The molecule has 0 aliphatic heterocycles. The minimum absolute atomic E-state index is 0.594. The van der Waals surface area contributed by atoms with Crippen molar-refractivity contribution >= 4 is 0 Å². The molecule has 0 bridgehead atoms. The average molecular weight is 263 g/mol. The SMILES string of the molecule is CCCCCC(C)NCCOc1ccccc1CC. The third kappa shape index (κ3) is 6.63. The molecular weight excluding hydrogens is 234 g/mol. The van der Waals surface area contributed by atoms with E-state index in [-0.39, 0.29) is 0 Å². The van der Waals surface area contributed by atoms with Crippen LogP contribution in [0.25, 0.3) is 0 Å². The molecular formula is C17H29NO. The van der Waals surface area contributed by atoms with Crippen LogP contribution in [0.4, 0.5) is 0 Å². The highest BCUT2D eigenvalue weighted by molar-refractivity contribution is 5.33. The van der Waals surface area contributed by atoms with E-state index in [1.54, 1.807) is 0 Å². The summed E-state index contributed by atoms with van der Waals surface area (Å²) < 4.78 is 5.84. The van der Waals surface area contributed by atoms with Gasteiger partial charge in [-0.3, -0.25) is 0 Å². The van der Waals surface area contributed by atoms with Crippen molar-refractivity contribution in [3.8, 4) is 5.75 Å². The molecule has 1 aromatic rings. The zero-order valence-corrected chi connectivity index (χ0v) is 12.7. The number of nitrogens with one attached hydrogen (secondary N) is 1. The maximum absolute atomic E-state index is 5.84. The number of hydrogen-bond donors (Lipinski definition) is 1. The Morgan fingerprint density at radius 2 is 1.95 bits per heavy atom. The molecule has 1 N–H and O–H groups in total. The van der Waals surface area contributed by atoms with Crippen molar-refractivity contribution in [1.82, 2.24) is 5.32 Å². The minimum Gasteiger partial charge on any atom is -0.492 e. The molecule has 1 unspecified atom stereocenters. The third-order valence-corrected chi connectivity index (χ3v) is 3.45. The first-order chi connectivity index (χ1) is 9.27. The minimum atomic E-state index is 0.594. The second-order valence-corrected chi connectivity index (χ2v) is 5.16. The monoisotopic (exact) mass is 263 g/mol. The number of benzene rings is 1. The maximum atomic E-state index is 5.84. The van der Waals surface area contributed by atoms with Crippen LogP contribution in [-0.4, -0.2) is 19.2 Å². The molecule has 1 rings (SSSR count). The second kappa shape index (κ2) is 9.85. The Morgan fingerprint density at radius 1 is 1.16 bits per heavy atom. The van der Waals surface area contributed by atoms with Gasteiger partial charge in [0, 0.05) is 12.6 Å². The molecule has 2 heteroatoms. The van der Waals surface area contributed by atoms with Crippen molar-refractivity contribution in [3.63, 3.8) is 0 Å². The highest BCUT2D eigenvalue weighted by Gasteiger charge is 2.02. The molecule has 1 aromatic carbocycles. The van der Waals surface area contributed by atoms with Gasteiger partial charge in [0.1, 0.15) is 12.4 Å². The first kappa shape index (κ1) is 16.0. The van der Waals surface area contributed by atoms with Gasteiger partial charge < -0.3 is 10.1 Å². The Kier molecular flexibility index (Phi) is 8.31. The molecule has 0 fully saturated rings. The van der Waals surface area contributed by atoms with Gasteiger partial charge in [-0.1, -0.05) is 51.3 Å². The number of ether oxygens (including phenoxy) is 1. The van der Waals surface area contributed by atoms with Gasteiger partial charge >= 0.3 is 0 Å². The van der Waals surface area contributed by atoms with Crippen molar-refractivity contribution in [2.75, 3.05) is 13.2 Å². The Hall–Kier alpha value is -1.02. The van der Waals surface area contributed by atoms with Crippen molar-refractivity contribution in [2.24, 2.45) is 0 Å². The quantitative estimate of drug-likeness (QED) is 0.639. The molecule has 0 saturated carbocycles. The van der Waals surface area contributed by atoms with Gasteiger partial charge in [-0.2, -0.15) is 0 Å². The van der Waals surface area contributed by atoms with E-state index in [1.807, 2.05) is 6.07 Å². The lowest BCUT2D eigenvalue weighted by molar-refractivity contribution is 0.301. The lowest BCUT2D eigenvalue weighted by Crippen LogP contribution is -2.30. The zero-order chi connectivity index (χ0) is 13.9. The summed E-state index contributed by atoms with van der Waals surface area (Å²) >= 11 is 0. The predicted octanol–water partition coefficient (Wildman–Crippen LogP) is 4.19. The topological polar surface area (TPSA) is 21.3 Å². The molecule has 0 aliphatic rings. The molecule has 0 saturated heterocycles. The molecule has 19 heavy (non-hydrogen) atoms. The van der Waals surface area contributed by atoms with E-state index >= 15 is 0 Å². The van der Waals surface area contributed by atoms with Crippen LogP contribution in [0.3, 0.4) is 0 Å². The van der Waals surface area contributed by atoms with Crippen LogP contribution in [0.2, 0.25) is 0 Å². The van der Waals surface area contributed by atoms with Crippen LogP contribution in [0.1, 0.15) is 52.0 Å². The molecule has 1 atom stereocenters. The van der Waals surface area contributed by atoms with E-state index in [0.29, 0.717) is 6.04 Å². The standard InChI is InChI=1S/C17H29NO/c1-4-6-7-10-15(3)18-13-14-19-17-12-9-8-11-16(17)5-2/h8-9,11-12,15,18H,4-7,10,13-14H2,1-3H3. The summed E-state index contributed by atoms with van der Waals surface area (Å²) in [6, 6.07) is 8.89. The number of aryl methyl sites for hydroxylation is 1. The van der Waals surface area contributed by atoms with Crippen LogP contribution >= 0.6 is 0 Å². The summed E-state index contributed by atoms with van der Waals surface area (Å²) in [7, 11) is 0. The summed E-state index contributed by atoms with van der Waals surface area (Å²) in [5, 5.41) is 3.52. The summed E-state index contributed by atoms with van der Waals surface area (Å²) in [5.74, 6) is 1.03. The molecule has 108 valence electrons. The first-order valence-electron chi connectivity index (χ1n) is 7.72. The van der Waals surface area contributed by atoms with Crippen molar-refractivity contribution in [3.05, 3.63) is 29.8 Å². The van der Waals surface area contributed by atoms with E-state index in [9.17, 15) is 0 Å². The molecule has 0 radical (unpaired) electrons. The van der Waals surface area contributed by atoms with E-state index in [0.717, 1.165) is 25.3 Å². The van der Waals surface area contributed by atoms with Crippen molar-refractivity contribution in [2.45, 2.75) is 58.9 Å². The molecule has 0 heterocycles. The van der Waals surface area contributed by atoms with Crippen molar-refractivity contribution < 1.29 is 4.74 Å². The normalized spacial score (nSPS) is 12.4. The van der Waals surface area contributed by atoms with E-state index < -0.39 is 0 Å². The van der Waals surface area contributed by atoms with E-state index in [4.69, 9.17) is 4.74 Å². The Balaban J connectivity index is 2.16. The molecule has 0 aliphatic carbocycles. The molecule has 0 spiro atoms. The van der Waals surface area contributed by atoms with Gasteiger partial charge in [0.05, 0.1) is 0 Å². The van der Waals surface area contributed by atoms with Gasteiger partial charge in [-0.15, -0.1) is 0 Å². The zero-order valence-electron chi connectivity index (χ0n) is 12.7. The number of para-hydroxylation sites is 1. The first-order valence-corrected chi connectivity index (χ1v) is 7.72. The lowest BCUT2D eigenvalue weighted by atomic mass is 10.1. The van der Waals surface area contributed by atoms with Crippen LogP contribution in [0, 0.1) is 0 Å². The fraction of sp³-hybridized carbons (Fsp3) is 0.647. The van der Waals surface area contributed by atoms with Crippen LogP contribution in [0.15, 0.2) is 24.3 Å². The van der Waals surface area contributed by atoms with E-state index in [2.05, 4.69) is 44.3 Å². The van der Waals surface area contributed by atoms with Gasteiger partial charge in [-0.25, -0.2) is 0 Å². The van der Waals surface area contributed by atoms with Crippen LogP contribution in [-0.2, 0) is 6.42 Å². The average Bonchev–Trinajstić information content (AvgIpc) is 2.44. The summed E-state index contributed by atoms with van der Waals surface area (Å²) in [6.45, 7) is 8.34.